The number of hydrogen-bond acceptors (Lipinski definition) is 4. The van der Waals surface area contributed by atoms with Crippen LogP contribution >= 0.6 is 0 Å². The van der Waals surface area contributed by atoms with Crippen molar-refractivity contribution >= 4 is 76.0 Å². The minimum Gasteiger partial charge on any atom is -0.331 e. The first-order chi connectivity index (χ1) is 14.7. The molecule has 0 aliphatic carbocycles. The van der Waals surface area contributed by atoms with Crippen LogP contribution in [0, 0.1) is 12.7 Å². The number of hydrogen-bond donors (Lipinski definition) is 1. The number of carbonyl (C=O) groups is 1. The summed E-state index contributed by atoms with van der Waals surface area (Å²) in [6, 6.07) is 5.63. The summed E-state index contributed by atoms with van der Waals surface area (Å²) in [6.45, 7) is 1.90. The third-order valence-corrected chi connectivity index (χ3v) is 5.15. The molecule has 0 saturated heterocycles. The number of aromatic nitrogens is 4. The van der Waals surface area contributed by atoms with E-state index < -0.39 is 22.8 Å². The predicted octanol–water partition coefficient (Wildman–Crippen LogP) is -1.09. The third kappa shape index (κ3) is 3.54. The Morgan fingerprint density at radius 2 is 1.74 bits per heavy atom. The van der Waals surface area contributed by atoms with Gasteiger partial charge in [-0.25, -0.2) is 19.3 Å². The third-order valence-electron chi connectivity index (χ3n) is 5.15. The molecular weight excluding hydrogens is 389 g/mol. The summed E-state index contributed by atoms with van der Waals surface area (Å²) < 4.78 is 16.5. The van der Waals surface area contributed by atoms with E-state index in [-0.39, 0.29) is 22.3 Å². The lowest BCUT2D eigenvalue weighted by molar-refractivity contribution is 0.102. The number of rotatable bonds is 3. The molecular formula is C20H12B4FN5O. The highest BCUT2D eigenvalue weighted by Gasteiger charge is 2.20. The van der Waals surface area contributed by atoms with Crippen LogP contribution in [0.2, 0.25) is 0 Å². The lowest BCUT2D eigenvalue weighted by Gasteiger charge is -2.17. The van der Waals surface area contributed by atoms with E-state index in [2.05, 4.69) is 20.3 Å². The van der Waals surface area contributed by atoms with Crippen molar-refractivity contribution in [2.24, 2.45) is 7.05 Å². The molecule has 0 bridgehead atoms. The van der Waals surface area contributed by atoms with Crippen molar-refractivity contribution in [3.63, 3.8) is 0 Å². The van der Waals surface area contributed by atoms with Crippen LogP contribution < -0.4 is 27.2 Å². The lowest BCUT2D eigenvalue weighted by atomic mass is 9.65. The van der Waals surface area contributed by atoms with Crippen LogP contribution in [0.3, 0.4) is 0 Å². The molecule has 0 saturated carbocycles. The van der Waals surface area contributed by atoms with Gasteiger partial charge in [0.2, 0.25) is 5.95 Å². The number of amides is 1. The highest BCUT2D eigenvalue weighted by atomic mass is 19.1. The quantitative estimate of drug-likeness (QED) is 0.444. The molecule has 2 heterocycles. The Hall–Kier alpha value is -3.35. The molecule has 0 fully saturated rings. The minimum atomic E-state index is -1.06. The highest BCUT2D eigenvalue weighted by molar-refractivity contribution is 6.63. The van der Waals surface area contributed by atoms with E-state index in [1.807, 2.05) is 36.7 Å². The summed E-state index contributed by atoms with van der Waals surface area (Å²) in [4.78, 5) is 25.4. The van der Waals surface area contributed by atoms with Crippen LogP contribution in [0.4, 0.5) is 10.3 Å². The number of benzene rings is 2. The molecule has 0 unspecified atom stereocenters. The number of aryl methyl sites for hydroxylation is 1. The van der Waals surface area contributed by atoms with Gasteiger partial charge < -0.3 is 4.57 Å². The van der Waals surface area contributed by atoms with Gasteiger partial charge >= 0.3 is 0 Å². The van der Waals surface area contributed by atoms with Gasteiger partial charge in [0.1, 0.15) is 43.0 Å². The molecule has 4 rings (SSSR count). The lowest BCUT2D eigenvalue weighted by Crippen LogP contribution is -2.52. The molecule has 142 valence electrons. The summed E-state index contributed by atoms with van der Waals surface area (Å²) in [5.41, 5.74) is 0.709. The molecule has 0 atom stereocenters. The van der Waals surface area contributed by atoms with Gasteiger partial charge in [-0.1, -0.05) is 23.1 Å². The second-order valence-corrected chi connectivity index (χ2v) is 7.01. The van der Waals surface area contributed by atoms with Crippen molar-refractivity contribution in [1.29, 1.82) is 0 Å². The van der Waals surface area contributed by atoms with Crippen LogP contribution in [0.25, 0.3) is 22.2 Å². The van der Waals surface area contributed by atoms with Crippen molar-refractivity contribution in [3.05, 3.63) is 47.8 Å². The minimum absolute atomic E-state index is 0.0383. The number of imidazole rings is 1. The Morgan fingerprint density at radius 1 is 1.03 bits per heavy atom. The van der Waals surface area contributed by atoms with Gasteiger partial charge in [-0.2, -0.15) is 0 Å². The first-order valence-electron chi connectivity index (χ1n) is 9.17. The molecule has 4 aromatic rings. The zero-order chi connectivity index (χ0) is 22.4. The SMILES string of the molecule is [B]c1c([B])c([B])c(C(=O)Nc2ncc3ccc(-c4cnc(C)n4C)cc3n2)c(F)c1[B]. The van der Waals surface area contributed by atoms with Crippen molar-refractivity contribution in [1.82, 2.24) is 19.5 Å². The summed E-state index contributed by atoms with van der Waals surface area (Å²) in [6.07, 6.45) is 3.31. The Morgan fingerprint density at radius 3 is 2.42 bits per heavy atom. The molecule has 1 amide bonds. The highest BCUT2D eigenvalue weighted by Crippen LogP contribution is 2.24. The molecule has 1 N–H and O–H groups in total. The van der Waals surface area contributed by atoms with Crippen molar-refractivity contribution in [3.8, 4) is 11.3 Å². The van der Waals surface area contributed by atoms with Gasteiger partial charge in [0.25, 0.3) is 5.91 Å². The molecule has 8 radical (unpaired) electrons. The zero-order valence-electron chi connectivity index (χ0n) is 16.8. The fourth-order valence-corrected chi connectivity index (χ4v) is 3.20. The molecule has 6 nitrogen and oxygen atoms in total. The van der Waals surface area contributed by atoms with Gasteiger partial charge in [-0.05, 0) is 13.0 Å². The number of fused-ring (bicyclic) bond motifs is 1. The maximum absolute atomic E-state index is 14.5. The Bertz CT molecular complexity index is 1340. The molecule has 0 spiro atoms. The second-order valence-electron chi connectivity index (χ2n) is 7.01. The van der Waals surface area contributed by atoms with Gasteiger partial charge in [0, 0.05) is 24.2 Å². The van der Waals surface area contributed by atoms with Crippen molar-refractivity contribution in [2.45, 2.75) is 6.92 Å². The largest absolute Gasteiger partial charge is 0.331 e. The normalized spacial score (nSPS) is 11.1. The maximum atomic E-state index is 14.5. The number of nitrogens with zero attached hydrogens (tertiary/aromatic N) is 4. The van der Waals surface area contributed by atoms with E-state index >= 15 is 0 Å². The van der Waals surface area contributed by atoms with Gasteiger partial charge in [-0.15, -0.1) is 10.9 Å². The first kappa shape index (κ1) is 20.9. The molecule has 2 aromatic heterocycles. The summed E-state index contributed by atoms with van der Waals surface area (Å²) >= 11 is 0. The van der Waals surface area contributed by atoms with E-state index in [1.165, 1.54) is 0 Å². The Balaban J connectivity index is 1.71. The average Bonchev–Trinajstić information content (AvgIpc) is 3.09. The summed E-state index contributed by atoms with van der Waals surface area (Å²) in [5, 5.41) is 3.19. The molecule has 0 aliphatic rings. The number of carbonyl (C=O) groups excluding carboxylic acids is 1. The standard InChI is InChI=1S/C20H12B4FN5O/c1-8-26-7-12(30(8)2)9-3-4-10-6-27-20(28-11(10)5-9)29-19(31)13-14(21)15(22)16(23)17(24)18(13)25/h3-7H,1-2H3,(H,27,28,29,31). The summed E-state index contributed by atoms with van der Waals surface area (Å²) in [5.74, 6) is -1.13. The number of halogens is 1. The monoisotopic (exact) mass is 401 g/mol. The van der Waals surface area contributed by atoms with Crippen molar-refractivity contribution in [2.75, 3.05) is 5.32 Å². The van der Waals surface area contributed by atoms with E-state index in [4.69, 9.17) is 31.4 Å². The molecule has 0 aliphatic heterocycles. The van der Waals surface area contributed by atoms with E-state index in [1.54, 1.807) is 12.4 Å². The van der Waals surface area contributed by atoms with Crippen LogP contribution in [0.5, 0.6) is 0 Å². The molecule has 31 heavy (non-hydrogen) atoms. The van der Waals surface area contributed by atoms with E-state index in [0.29, 0.717) is 5.52 Å². The van der Waals surface area contributed by atoms with Gasteiger partial charge in [0.05, 0.1) is 23.0 Å². The average molecular weight is 401 g/mol. The molecule has 2 aromatic carbocycles. The predicted molar refractivity (Wildman–Crippen MR) is 122 cm³/mol. The van der Waals surface area contributed by atoms with E-state index in [9.17, 15) is 9.18 Å². The first-order valence-corrected chi connectivity index (χ1v) is 9.17. The van der Waals surface area contributed by atoms with Crippen LogP contribution in [-0.2, 0) is 7.05 Å². The maximum Gasteiger partial charge on any atom is 0.260 e. The second kappa shape index (κ2) is 7.72. The Kier molecular flexibility index (Phi) is 5.21. The van der Waals surface area contributed by atoms with Crippen LogP contribution in [-0.4, -0.2) is 56.8 Å². The summed E-state index contributed by atoms with van der Waals surface area (Å²) in [7, 11) is 24.6. The number of nitrogens with one attached hydrogen (secondary N) is 1. The Labute approximate surface area is 183 Å². The smallest absolute Gasteiger partial charge is 0.260 e. The van der Waals surface area contributed by atoms with Gasteiger partial charge in [-0.3, -0.25) is 10.1 Å². The van der Waals surface area contributed by atoms with Crippen molar-refractivity contribution < 1.29 is 9.18 Å². The number of anilines is 1. The fraction of sp³-hybridized carbons (Fsp3) is 0.100. The fourth-order valence-electron chi connectivity index (χ4n) is 3.20. The van der Waals surface area contributed by atoms with Crippen LogP contribution in [0.1, 0.15) is 16.2 Å². The van der Waals surface area contributed by atoms with Gasteiger partial charge in [0.15, 0.2) is 0 Å². The molecule has 11 heteroatoms. The zero-order valence-corrected chi connectivity index (χ0v) is 16.8. The van der Waals surface area contributed by atoms with E-state index in [0.717, 1.165) is 22.5 Å². The topological polar surface area (TPSA) is 72.7 Å². The van der Waals surface area contributed by atoms with Crippen LogP contribution in [0.15, 0.2) is 30.6 Å².